The fourth-order valence-corrected chi connectivity index (χ4v) is 2.94. The van der Waals surface area contributed by atoms with Crippen LogP contribution in [0.1, 0.15) is 18.7 Å². The van der Waals surface area contributed by atoms with Crippen molar-refractivity contribution in [2.24, 2.45) is 0 Å². The molecule has 0 saturated carbocycles. The molecule has 3 heterocycles. The van der Waals surface area contributed by atoms with Gasteiger partial charge in [0.2, 0.25) is 6.79 Å². The van der Waals surface area contributed by atoms with E-state index < -0.39 is 0 Å². The van der Waals surface area contributed by atoms with Gasteiger partial charge in [0.05, 0.1) is 12.6 Å². The number of urea groups is 1. The monoisotopic (exact) mass is 360 g/mol. The van der Waals surface area contributed by atoms with E-state index in [-0.39, 0.29) is 25.5 Å². The molecular weight excluding hydrogens is 340 g/mol. The quantitative estimate of drug-likeness (QED) is 0.868. The molecule has 2 aliphatic rings. The Balaban J connectivity index is 1.32. The number of fused-ring (bicyclic) bond motifs is 1. The second-order valence-electron chi connectivity index (χ2n) is 6.26. The summed E-state index contributed by atoms with van der Waals surface area (Å²) in [6.45, 7) is 1.73. The Labute approximate surface area is 150 Å². The van der Waals surface area contributed by atoms with Crippen LogP contribution in [0.4, 0.5) is 4.79 Å². The van der Waals surface area contributed by atoms with E-state index in [0.717, 1.165) is 25.0 Å². The lowest BCUT2D eigenvalue weighted by atomic mass is 10.2. The maximum absolute atomic E-state index is 12.2. The number of hydrogen-bond donors (Lipinski definition) is 1. The zero-order chi connectivity index (χ0) is 17.9. The first-order valence-corrected chi connectivity index (χ1v) is 8.52. The van der Waals surface area contributed by atoms with Crippen molar-refractivity contribution in [2.75, 3.05) is 27.0 Å². The normalized spacial score (nSPS) is 18.1. The molecule has 1 N–H and O–H groups in total. The summed E-state index contributed by atoms with van der Waals surface area (Å²) in [6, 6.07) is 5.20. The number of carbonyl (C=O) groups is 1. The van der Waals surface area contributed by atoms with Gasteiger partial charge in [-0.25, -0.2) is 4.79 Å². The van der Waals surface area contributed by atoms with Gasteiger partial charge in [-0.1, -0.05) is 5.16 Å². The summed E-state index contributed by atoms with van der Waals surface area (Å²) in [6.07, 6.45) is 2.15. The average Bonchev–Trinajstić information content (AvgIpc) is 3.39. The standard InChI is InChI=1S/C17H20N4O5/c1-21(9-12-3-2-6-23-12)17(22)18-8-15-19-16(26-20-15)11-4-5-13-14(7-11)25-10-24-13/h4-5,7,12H,2-3,6,8-10H2,1H3,(H,18,22)/t12-/m1/s1. The fraction of sp³-hybridized carbons (Fsp3) is 0.471. The third kappa shape index (κ3) is 3.57. The number of nitrogens with zero attached hydrogens (tertiary/aromatic N) is 3. The summed E-state index contributed by atoms with van der Waals surface area (Å²) >= 11 is 0. The van der Waals surface area contributed by atoms with Gasteiger partial charge in [0.25, 0.3) is 5.89 Å². The second kappa shape index (κ2) is 7.20. The predicted molar refractivity (Wildman–Crippen MR) is 89.7 cm³/mol. The summed E-state index contributed by atoms with van der Waals surface area (Å²) in [5.41, 5.74) is 0.731. The number of likely N-dealkylation sites (N-methyl/N-ethyl adjacent to an activating group) is 1. The van der Waals surface area contributed by atoms with Crippen LogP contribution in [0.25, 0.3) is 11.5 Å². The predicted octanol–water partition coefficient (Wildman–Crippen LogP) is 1.79. The van der Waals surface area contributed by atoms with E-state index in [2.05, 4.69) is 15.5 Å². The molecule has 4 rings (SSSR count). The van der Waals surface area contributed by atoms with Crippen LogP contribution in [0.3, 0.4) is 0 Å². The number of benzene rings is 1. The highest BCUT2D eigenvalue weighted by Crippen LogP contribution is 2.35. The Hall–Kier alpha value is -2.81. The summed E-state index contributed by atoms with van der Waals surface area (Å²) in [4.78, 5) is 18.1. The number of carbonyl (C=O) groups excluding carboxylic acids is 1. The number of aromatic nitrogens is 2. The number of amides is 2. The van der Waals surface area contributed by atoms with Crippen LogP contribution >= 0.6 is 0 Å². The van der Waals surface area contributed by atoms with Crippen molar-refractivity contribution in [2.45, 2.75) is 25.5 Å². The van der Waals surface area contributed by atoms with E-state index in [9.17, 15) is 4.79 Å². The summed E-state index contributed by atoms with van der Waals surface area (Å²) in [5, 5.41) is 6.69. The third-order valence-corrected chi connectivity index (χ3v) is 4.33. The third-order valence-electron chi connectivity index (χ3n) is 4.33. The smallest absolute Gasteiger partial charge is 0.317 e. The summed E-state index contributed by atoms with van der Waals surface area (Å²) in [7, 11) is 1.74. The molecule has 1 saturated heterocycles. The minimum atomic E-state index is -0.199. The topological polar surface area (TPSA) is 99.0 Å². The van der Waals surface area contributed by atoms with Crippen LogP contribution in [0.15, 0.2) is 22.7 Å². The number of rotatable bonds is 5. The van der Waals surface area contributed by atoms with E-state index in [0.29, 0.717) is 29.8 Å². The van der Waals surface area contributed by atoms with Gasteiger partial charge < -0.3 is 29.0 Å². The lowest BCUT2D eigenvalue weighted by Crippen LogP contribution is -2.41. The van der Waals surface area contributed by atoms with Crippen LogP contribution in [0.5, 0.6) is 11.5 Å². The molecule has 1 fully saturated rings. The van der Waals surface area contributed by atoms with E-state index in [1.165, 1.54) is 0 Å². The van der Waals surface area contributed by atoms with Gasteiger partial charge in [0, 0.05) is 25.8 Å². The maximum Gasteiger partial charge on any atom is 0.317 e. The first-order chi connectivity index (χ1) is 12.7. The molecule has 9 heteroatoms. The summed E-state index contributed by atoms with van der Waals surface area (Å²) in [5.74, 6) is 2.10. The molecule has 138 valence electrons. The van der Waals surface area contributed by atoms with E-state index in [1.54, 1.807) is 24.1 Å². The number of hydrogen-bond acceptors (Lipinski definition) is 7. The Bertz CT molecular complexity index is 787. The van der Waals surface area contributed by atoms with Gasteiger partial charge in [-0.05, 0) is 31.0 Å². The zero-order valence-corrected chi connectivity index (χ0v) is 14.4. The molecule has 0 spiro atoms. The molecule has 0 bridgehead atoms. The summed E-state index contributed by atoms with van der Waals surface area (Å²) < 4.78 is 21.4. The first kappa shape index (κ1) is 16.6. The lowest BCUT2D eigenvalue weighted by Gasteiger charge is -2.20. The Morgan fingerprint density at radius 2 is 2.23 bits per heavy atom. The van der Waals surface area contributed by atoms with Gasteiger partial charge in [-0.15, -0.1) is 0 Å². The van der Waals surface area contributed by atoms with Crippen LogP contribution in [-0.2, 0) is 11.3 Å². The number of ether oxygens (including phenoxy) is 3. The van der Waals surface area contributed by atoms with Crippen LogP contribution in [-0.4, -0.2) is 54.2 Å². The molecule has 2 amide bonds. The van der Waals surface area contributed by atoms with Crippen molar-refractivity contribution in [1.82, 2.24) is 20.4 Å². The Kier molecular flexibility index (Phi) is 4.61. The first-order valence-electron chi connectivity index (χ1n) is 8.52. The molecule has 1 atom stereocenters. The van der Waals surface area contributed by atoms with Gasteiger partial charge in [0.15, 0.2) is 17.3 Å². The van der Waals surface area contributed by atoms with Gasteiger partial charge in [-0.3, -0.25) is 0 Å². The Morgan fingerprint density at radius 3 is 3.08 bits per heavy atom. The van der Waals surface area contributed by atoms with E-state index in [1.807, 2.05) is 6.07 Å². The van der Waals surface area contributed by atoms with Crippen molar-refractivity contribution in [3.63, 3.8) is 0 Å². The molecule has 1 aromatic heterocycles. The number of nitrogens with one attached hydrogen (secondary N) is 1. The van der Waals surface area contributed by atoms with Crippen molar-refractivity contribution in [1.29, 1.82) is 0 Å². The highest BCUT2D eigenvalue weighted by Gasteiger charge is 2.21. The van der Waals surface area contributed by atoms with Crippen molar-refractivity contribution in [3.05, 3.63) is 24.0 Å². The zero-order valence-electron chi connectivity index (χ0n) is 14.4. The molecule has 1 aromatic carbocycles. The second-order valence-corrected chi connectivity index (χ2v) is 6.26. The molecular formula is C17H20N4O5. The largest absolute Gasteiger partial charge is 0.454 e. The van der Waals surface area contributed by atoms with E-state index in [4.69, 9.17) is 18.7 Å². The molecule has 2 aromatic rings. The average molecular weight is 360 g/mol. The van der Waals surface area contributed by atoms with Crippen molar-refractivity contribution >= 4 is 6.03 Å². The molecule has 0 unspecified atom stereocenters. The van der Waals surface area contributed by atoms with Crippen molar-refractivity contribution in [3.8, 4) is 23.0 Å². The van der Waals surface area contributed by atoms with Crippen LogP contribution < -0.4 is 14.8 Å². The highest BCUT2D eigenvalue weighted by atomic mass is 16.7. The van der Waals surface area contributed by atoms with E-state index >= 15 is 0 Å². The minimum absolute atomic E-state index is 0.119. The lowest BCUT2D eigenvalue weighted by molar-refractivity contribution is 0.0874. The molecule has 0 aliphatic carbocycles. The highest BCUT2D eigenvalue weighted by molar-refractivity contribution is 5.73. The van der Waals surface area contributed by atoms with Crippen LogP contribution in [0, 0.1) is 0 Å². The Morgan fingerprint density at radius 1 is 1.35 bits per heavy atom. The molecule has 2 aliphatic heterocycles. The van der Waals surface area contributed by atoms with Gasteiger partial charge >= 0.3 is 6.03 Å². The molecule has 26 heavy (non-hydrogen) atoms. The molecule has 0 radical (unpaired) electrons. The van der Waals surface area contributed by atoms with Crippen LogP contribution in [0.2, 0.25) is 0 Å². The minimum Gasteiger partial charge on any atom is -0.454 e. The SMILES string of the molecule is CN(C[C@H]1CCCO1)C(=O)NCc1noc(-c2ccc3c(c2)OCO3)n1. The van der Waals surface area contributed by atoms with Gasteiger partial charge in [-0.2, -0.15) is 4.98 Å². The molecule has 9 nitrogen and oxygen atoms in total. The van der Waals surface area contributed by atoms with Gasteiger partial charge in [0.1, 0.15) is 0 Å². The maximum atomic E-state index is 12.2. The fourth-order valence-electron chi connectivity index (χ4n) is 2.94. The van der Waals surface area contributed by atoms with Crippen molar-refractivity contribution < 1.29 is 23.5 Å².